The van der Waals surface area contributed by atoms with E-state index in [4.69, 9.17) is 0 Å². The van der Waals surface area contributed by atoms with Crippen LogP contribution < -0.4 is 0 Å². The zero-order chi connectivity index (χ0) is 13.4. The van der Waals surface area contributed by atoms with Crippen molar-refractivity contribution in [1.29, 1.82) is 0 Å². The highest BCUT2D eigenvalue weighted by Gasteiger charge is 2.08. The summed E-state index contributed by atoms with van der Waals surface area (Å²) in [5.74, 6) is 0.849. The fourth-order valence-electron chi connectivity index (χ4n) is 1.99. The first-order valence-electron chi connectivity index (χ1n) is 6.05. The van der Waals surface area contributed by atoms with Crippen molar-refractivity contribution in [2.75, 3.05) is 0 Å². The first kappa shape index (κ1) is 12.3. The maximum Gasteiger partial charge on any atom is 0.127 e. The van der Waals surface area contributed by atoms with Crippen molar-refractivity contribution in [2.45, 2.75) is 10.8 Å². The largest absolute Gasteiger partial charge is 0.240 e. The van der Waals surface area contributed by atoms with Crippen LogP contribution in [0.25, 0.3) is 20.4 Å². The zero-order valence-electron chi connectivity index (χ0n) is 10.3. The molecule has 4 aromatic rings. The van der Waals surface area contributed by atoms with Crippen LogP contribution in [0.4, 0.5) is 0 Å². The molecular weight excluding hydrogens is 306 g/mol. The quantitative estimate of drug-likeness (QED) is 0.409. The maximum atomic E-state index is 4.65. The van der Waals surface area contributed by atoms with E-state index >= 15 is 0 Å². The highest BCUT2D eigenvalue weighted by Crippen LogP contribution is 2.32. The summed E-state index contributed by atoms with van der Waals surface area (Å²) in [6.45, 7) is 0. The van der Waals surface area contributed by atoms with Gasteiger partial charge in [-0.25, -0.2) is 15.0 Å². The number of thiophene rings is 1. The lowest BCUT2D eigenvalue weighted by molar-refractivity contribution is 1.11. The summed E-state index contributed by atoms with van der Waals surface area (Å²) in [6.07, 6.45) is 1.64. The minimum absolute atomic E-state index is 0.849. The molecule has 0 unspecified atom stereocenters. The number of benzene rings is 1. The van der Waals surface area contributed by atoms with Crippen molar-refractivity contribution in [3.05, 3.63) is 47.0 Å². The van der Waals surface area contributed by atoms with Crippen molar-refractivity contribution in [3.8, 4) is 0 Å². The summed E-state index contributed by atoms with van der Waals surface area (Å²) in [6, 6.07) is 10.3. The molecule has 1 aromatic carbocycles. The van der Waals surface area contributed by atoms with Gasteiger partial charge >= 0.3 is 0 Å². The number of thiazole rings is 1. The standard InChI is InChI=1S/C14H9N3S3/c1-2-4-11-10(3-1)17-12(20-11)7-19-14-9-5-6-18-13(9)15-8-16-14/h1-6,8H,7H2. The Labute approximate surface area is 127 Å². The normalized spacial score (nSPS) is 11.4. The lowest BCUT2D eigenvalue weighted by Gasteiger charge is -1.99. The van der Waals surface area contributed by atoms with Crippen LogP contribution in [0, 0.1) is 0 Å². The van der Waals surface area contributed by atoms with E-state index in [2.05, 4.69) is 44.6 Å². The molecule has 3 aromatic heterocycles. The van der Waals surface area contributed by atoms with Crippen LogP contribution in [0.5, 0.6) is 0 Å². The molecule has 98 valence electrons. The first-order valence-corrected chi connectivity index (χ1v) is 8.74. The average molecular weight is 315 g/mol. The molecule has 6 heteroatoms. The molecule has 3 heterocycles. The van der Waals surface area contributed by atoms with Crippen LogP contribution in [0.1, 0.15) is 5.01 Å². The molecule has 0 N–H and O–H groups in total. The average Bonchev–Trinajstić information content (AvgIpc) is 3.11. The topological polar surface area (TPSA) is 38.7 Å². The van der Waals surface area contributed by atoms with Crippen molar-refractivity contribution < 1.29 is 0 Å². The van der Waals surface area contributed by atoms with Gasteiger partial charge in [-0.05, 0) is 23.6 Å². The Bertz CT molecular complexity index is 848. The van der Waals surface area contributed by atoms with E-state index in [1.807, 2.05) is 6.07 Å². The predicted molar refractivity (Wildman–Crippen MR) is 86.6 cm³/mol. The molecule has 0 spiro atoms. The van der Waals surface area contributed by atoms with Gasteiger partial charge in [-0.3, -0.25) is 0 Å². The van der Waals surface area contributed by atoms with Gasteiger partial charge in [0.15, 0.2) is 0 Å². The van der Waals surface area contributed by atoms with E-state index in [1.165, 1.54) is 4.70 Å². The molecule has 0 atom stereocenters. The van der Waals surface area contributed by atoms with Gasteiger partial charge in [0, 0.05) is 5.39 Å². The Morgan fingerprint density at radius 1 is 1.10 bits per heavy atom. The second-order valence-corrected chi connectivity index (χ2v) is 7.16. The van der Waals surface area contributed by atoms with Gasteiger partial charge < -0.3 is 0 Å². The molecule has 0 amide bonds. The number of aromatic nitrogens is 3. The monoisotopic (exact) mass is 315 g/mol. The Balaban J connectivity index is 1.62. The summed E-state index contributed by atoms with van der Waals surface area (Å²) in [5, 5.41) is 5.37. The van der Waals surface area contributed by atoms with E-state index in [-0.39, 0.29) is 0 Å². The fourth-order valence-corrected chi connectivity index (χ4v) is 4.73. The highest BCUT2D eigenvalue weighted by molar-refractivity contribution is 7.98. The van der Waals surface area contributed by atoms with Gasteiger partial charge in [-0.15, -0.1) is 22.7 Å². The van der Waals surface area contributed by atoms with Crippen molar-refractivity contribution in [3.63, 3.8) is 0 Å². The van der Waals surface area contributed by atoms with Crippen LogP contribution in [-0.2, 0) is 5.75 Å². The molecule has 0 fully saturated rings. The van der Waals surface area contributed by atoms with E-state index in [1.54, 1.807) is 40.8 Å². The summed E-state index contributed by atoms with van der Waals surface area (Å²) in [7, 11) is 0. The summed E-state index contributed by atoms with van der Waals surface area (Å²) < 4.78 is 1.24. The minimum atomic E-state index is 0.849. The molecule has 4 rings (SSSR count). The summed E-state index contributed by atoms with van der Waals surface area (Å²) >= 11 is 5.13. The van der Waals surface area contributed by atoms with E-state index < -0.39 is 0 Å². The fraction of sp³-hybridized carbons (Fsp3) is 0.0714. The predicted octanol–water partition coefficient (Wildman–Crippen LogP) is 4.59. The number of rotatable bonds is 3. The van der Waals surface area contributed by atoms with Gasteiger partial charge in [0.2, 0.25) is 0 Å². The summed E-state index contributed by atoms with van der Waals surface area (Å²) in [5.41, 5.74) is 1.08. The Morgan fingerprint density at radius 2 is 2.05 bits per heavy atom. The van der Waals surface area contributed by atoms with Crippen molar-refractivity contribution >= 4 is 54.9 Å². The van der Waals surface area contributed by atoms with Crippen molar-refractivity contribution in [1.82, 2.24) is 15.0 Å². The summed E-state index contributed by atoms with van der Waals surface area (Å²) in [4.78, 5) is 14.4. The van der Waals surface area contributed by atoms with Gasteiger partial charge in [0.05, 0.1) is 16.0 Å². The molecule has 0 aliphatic rings. The molecule has 0 bridgehead atoms. The molecule has 0 saturated carbocycles. The Morgan fingerprint density at radius 3 is 3.00 bits per heavy atom. The second kappa shape index (κ2) is 5.12. The van der Waals surface area contributed by atoms with Crippen LogP contribution in [-0.4, -0.2) is 15.0 Å². The van der Waals surface area contributed by atoms with Crippen LogP contribution in [0.3, 0.4) is 0 Å². The number of para-hydroxylation sites is 1. The molecule has 0 aliphatic heterocycles. The highest BCUT2D eigenvalue weighted by atomic mass is 32.2. The van der Waals surface area contributed by atoms with Crippen LogP contribution >= 0.6 is 34.4 Å². The number of hydrogen-bond acceptors (Lipinski definition) is 6. The van der Waals surface area contributed by atoms with Gasteiger partial charge in [0.1, 0.15) is 21.2 Å². The zero-order valence-corrected chi connectivity index (χ0v) is 12.8. The lowest BCUT2D eigenvalue weighted by Crippen LogP contribution is -1.84. The van der Waals surface area contributed by atoms with Crippen molar-refractivity contribution in [2.24, 2.45) is 0 Å². The van der Waals surface area contributed by atoms with Gasteiger partial charge in [-0.2, -0.15) is 0 Å². The van der Waals surface area contributed by atoms with Gasteiger partial charge in [0.25, 0.3) is 0 Å². The molecule has 0 saturated heterocycles. The molecule has 20 heavy (non-hydrogen) atoms. The minimum Gasteiger partial charge on any atom is -0.240 e. The van der Waals surface area contributed by atoms with Crippen LogP contribution in [0.2, 0.25) is 0 Å². The SMILES string of the molecule is c1ccc2sc(CSc3ncnc4sccc34)nc2c1. The Hall–Kier alpha value is -1.50. The number of hydrogen-bond donors (Lipinski definition) is 0. The third kappa shape index (κ3) is 2.19. The first-order chi connectivity index (χ1) is 9.90. The number of thioether (sulfide) groups is 1. The lowest BCUT2D eigenvalue weighted by atomic mass is 10.3. The molecule has 3 nitrogen and oxygen atoms in total. The van der Waals surface area contributed by atoms with E-state index in [9.17, 15) is 0 Å². The van der Waals surface area contributed by atoms with Crippen LogP contribution in [0.15, 0.2) is 47.1 Å². The second-order valence-electron chi connectivity index (χ2n) is 4.18. The van der Waals surface area contributed by atoms with Gasteiger partial charge in [-0.1, -0.05) is 23.9 Å². The Kier molecular flexibility index (Phi) is 3.14. The smallest absolute Gasteiger partial charge is 0.127 e. The van der Waals surface area contributed by atoms with E-state index in [0.29, 0.717) is 0 Å². The number of nitrogens with zero attached hydrogens (tertiary/aromatic N) is 3. The third-order valence-corrected chi connectivity index (χ3v) is 5.95. The third-order valence-electron chi connectivity index (χ3n) is 2.90. The van der Waals surface area contributed by atoms with E-state index in [0.717, 1.165) is 31.5 Å². The molecule has 0 radical (unpaired) electrons. The number of fused-ring (bicyclic) bond motifs is 2. The maximum absolute atomic E-state index is 4.65. The molecule has 0 aliphatic carbocycles. The molecular formula is C14H9N3S3.